The molecule has 0 heterocycles. The Morgan fingerprint density at radius 1 is 1.25 bits per heavy atom. The van der Waals surface area contributed by atoms with E-state index in [0.717, 1.165) is 18.4 Å². The fourth-order valence-electron chi connectivity index (χ4n) is 1.65. The maximum atomic E-state index is 12.0. The number of rotatable bonds is 9. The van der Waals surface area contributed by atoms with Crippen LogP contribution in [-0.4, -0.2) is 24.9 Å². The number of hydrogen-bond donors (Lipinski definition) is 1. The van der Waals surface area contributed by atoms with E-state index in [1.807, 2.05) is 0 Å². The second-order valence-electron chi connectivity index (χ2n) is 4.27. The number of ether oxygens (including phenoxy) is 1. The largest absolute Gasteiger partial charge is 0.435 e. The first-order valence-electron chi connectivity index (χ1n) is 6.48. The Hall–Kier alpha value is -1.36. The molecule has 0 spiro atoms. The third-order valence-electron chi connectivity index (χ3n) is 2.67. The number of carbonyl (C=O) groups excluding carboxylic acids is 1. The first-order valence-corrected chi connectivity index (χ1v) is 7.01. The molecule has 6 heteroatoms. The van der Waals surface area contributed by atoms with Crippen molar-refractivity contribution < 1.29 is 18.3 Å². The molecule has 0 aliphatic heterocycles. The Balaban J connectivity index is 2.23. The summed E-state index contributed by atoms with van der Waals surface area (Å²) in [4.78, 5) is 11.4. The number of hydrogen-bond acceptors (Lipinski definition) is 2. The minimum atomic E-state index is -2.81. The quantitative estimate of drug-likeness (QED) is 0.561. The van der Waals surface area contributed by atoms with Crippen molar-refractivity contribution in [2.75, 3.05) is 12.4 Å². The van der Waals surface area contributed by atoms with Crippen LogP contribution in [0.15, 0.2) is 24.3 Å². The molecule has 1 aromatic rings. The second-order valence-corrected chi connectivity index (χ2v) is 4.65. The normalized spacial score (nSPS) is 10.6. The molecule has 0 aliphatic rings. The topological polar surface area (TPSA) is 38.3 Å². The van der Waals surface area contributed by atoms with E-state index >= 15 is 0 Å². The number of amides is 1. The summed E-state index contributed by atoms with van der Waals surface area (Å²) >= 11 is 5.52. The van der Waals surface area contributed by atoms with Crippen molar-refractivity contribution in [1.29, 1.82) is 0 Å². The molecule has 0 atom stereocenters. The van der Waals surface area contributed by atoms with Crippen LogP contribution in [0.5, 0.6) is 5.75 Å². The van der Waals surface area contributed by atoms with Crippen LogP contribution in [0.4, 0.5) is 8.78 Å². The predicted molar refractivity (Wildman–Crippen MR) is 74.4 cm³/mol. The molecule has 20 heavy (non-hydrogen) atoms. The third-order valence-corrected chi connectivity index (χ3v) is 2.94. The first kappa shape index (κ1) is 16.7. The predicted octanol–water partition coefficient (Wildman–Crippen LogP) is 3.36. The van der Waals surface area contributed by atoms with E-state index in [1.165, 1.54) is 12.1 Å². The summed E-state index contributed by atoms with van der Waals surface area (Å²) in [6.07, 6.45) is 2.75. The van der Waals surface area contributed by atoms with Gasteiger partial charge in [0.05, 0.1) is 0 Å². The fourth-order valence-corrected chi connectivity index (χ4v) is 1.84. The minimum absolute atomic E-state index is 0.00719. The summed E-state index contributed by atoms with van der Waals surface area (Å²) in [6.45, 7) is -2.29. The van der Waals surface area contributed by atoms with E-state index in [4.69, 9.17) is 11.6 Å². The Morgan fingerprint density at radius 3 is 2.55 bits per heavy atom. The smallest absolute Gasteiger partial charge is 0.387 e. The highest BCUT2D eigenvalue weighted by molar-refractivity contribution is 6.17. The van der Waals surface area contributed by atoms with E-state index in [0.29, 0.717) is 25.3 Å². The lowest BCUT2D eigenvalue weighted by atomic mass is 10.1. The van der Waals surface area contributed by atoms with Crippen molar-refractivity contribution in [3.05, 3.63) is 29.8 Å². The van der Waals surface area contributed by atoms with Crippen molar-refractivity contribution in [3.63, 3.8) is 0 Å². The molecule has 0 aliphatic carbocycles. The van der Waals surface area contributed by atoms with Gasteiger partial charge in [0.15, 0.2) is 0 Å². The van der Waals surface area contributed by atoms with Crippen LogP contribution in [-0.2, 0) is 11.2 Å². The van der Waals surface area contributed by atoms with Gasteiger partial charge in [0.25, 0.3) is 0 Å². The molecule has 3 nitrogen and oxygen atoms in total. The van der Waals surface area contributed by atoms with Crippen LogP contribution < -0.4 is 10.1 Å². The zero-order chi connectivity index (χ0) is 14.8. The molecule has 0 bridgehead atoms. The van der Waals surface area contributed by atoms with Crippen molar-refractivity contribution >= 4 is 17.5 Å². The van der Waals surface area contributed by atoms with Gasteiger partial charge in [0, 0.05) is 18.8 Å². The minimum Gasteiger partial charge on any atom is -0.435 e. The average Bonchev–Trinajstić information content (AvgIpc) is 2.40. The number of halogens is 3. The van der Waals surface area contributed by atoms with Gasteiger partial charge >= 0.3 is 6.61 Å². The monoisotopic (exact) mass is 305 g/mol. The summed E-state index contributed by atoms with van der Waals surface area (Å²) in [6, 6.07) is 6.39. The van der Waals surface area contributed by atoms with E-state index < -0.39 is 6.61 Å². The van der Waals surface area contributed by atoms with E-state index in [2.05, 4.69) is 10.1 Å². The molecule has 112 valence electrons. The van der Waals surface area contributed by atoms with Gasteiger partial charge in [-0.2, -0.15) is 8.78 Å². The lowest BCUT2D eigenvalue weighted by Crippen LogP contribution is -2.25. The highest BCUT2D eigenvalue weighted by atomic mass is 35.5. The highest BCUT2D eigenvalue weighted by Crippen LogP contribution is 2.14. The maximum absolute atomic E-state index is 12.0. The molecule has 0 fully saturated rings. The highest BCUT2D eigenvalue weighted by Gasteiger charge is 2.04. The Bertz CT molecular complexity index is 399. The lowest BCUT2D eigenvalue weighted by molar-refractivity contribution is -0.121. The van der Waals surface area contributed by atoms with E-state index in [-0.39, 0.29) is 11.7 Å². The number of nitrogens with one attached hydrogen (secondary N) is 1. The molecule has 1 aromatic carbocycles. The zero-order valence-electron chi connectivity index (χ0n) is 11.1. The van der Waals surface area contributed by atoms with E-state index in [1.54, 1.807) is 12.1 Å². The van der Waals surface area contributed by atoms with Gasteiger partial charge < -0.3 is 10.1 Å². The van der Waals surface area contributed by atoms with Crippen LogP contribution in [0.3, 0.4) is 0 Å². The molecule has 0 saturated carbocycles. The average molecular weight is 306 g/mol. The van der Waals surface area contributed by atoms with Crippen LogP contribution in [0.1, 0.15) is 24.8 Å². The summed E-state index contributed by atoms with van der Waals surface area (Å²) in [5, 5.41) is 2.80. The molecule has 1 amide bonds. The number of carbonyl (C=O) groups is 1. The standard InChI is InChI=1S/C14H18ClF2NO2/c15-9-2-1-3-13(19)18-10-8-11-4-6-12(7-5-11)20-14(16)17/h4-7,14H,1-3,8-10H2,(H,18,19). The zero-order valence-corrected chi connectivity index (χ0v) is 11.8. The summed E-state index contributed by atoms with van der Waals surface area (Å²) in [7, 11) is 0. The Morgan fingerprint density at radius 2 is 1.95 bits per heavy atom. The van der Waals surface area contributed by atoms with Crippen LogP contribution in [0.2, 0.25) is 0 Å². The molecular weight excluding hydrogens is 288 g/mol. The summed E-state index contributed by atoms with van der Waals surface area (Å²) in [5.74, 6) is 0.710. The summed E-state index contributed by atoms with van der Waals surface area (Å²) < 4.78 is 28.2. The molecule has 0 unspecified atom stereocenters. The van der Waals surface area contributed by atoms with Gasteiger partial charge in [0.2, 0.25) is 5.91 Å². The number of unbranched alkanes of at least 4 members (excludes halogenated alkanes) is 1. The van der Waals surface area contributed by atoms with Crippen LogP contribution >= 0.6 is 11.6 Å². The fraction of sp³-hybridized carbons (Fsp3) is 0.500. The summed E-state index contributed by atoms with van der Waals surface area (Å²) in [5.41, 5.74) is 0.952. The molecule has 1 N–H and O–H groups in total. The Labute approximate surface area is 122 Å². The van der Waals surface area contributed by atoms with Crippen molar-refractivity contribution in [3.8, 4) is 5.75 Å². The van der Waals surface area contributed by atoms with Crippen LogP contribution in [0.25, 0.3) is 0 Å². The molecule has 0 aromatic heterocycles. The van der Waals surface area contributed by atoms with Crippen molar-refractivity contribution in [2.45, 2.75) is 32.3 Å². The first-order chi connectivity index (χ1) is 9.61. The van der Waals surface area contributed by atoms with Gasteiger partial charge in [-0.25, -0.2) is 0 Å². The second kappa shape index (κ2) is 9.53. The van der Waals surface area contributed by atoms with Gasteiger partial charge in [-0.3, -0.25) is 4.79 Å². The van der Waals surface area contributed by atoms with Gasteiger partial charge in [-0.05, 0) is 37.0 Å². The maximum Gasteiger partial charge on any atom is 0.387 e. The SMILES string of the molecule is O=C(CCCCCl)NCCc1ccc(OC(F)F)cc1. The van der Waals surface area contributed by atoms with Gasteiger partial charge in [-0.15, -0.1) is 11.6 Å². The molecular formula is C14H18ClF2NO2. The van der Waals surface area contributed by atoms with Crippen molar-refractivity contribution in [2.24, 2.45) is 0 Å². The van der Waals surface area contributed by atoms with Gasteiger partial charge in [0.1, 0.15) is 5.75 Å². The number of benzene rings is 1. The van der Waals surface area contributed by atoms with Crippen molar-refractivity contribution in [1.82, 2.24) is 5.32 Å². The number of alkyl halides is 3. The van der Waals surface area contributed by atoms with E-state index in [9.17, 15) is 13.6 Å². The molecule has 0 radical (unpaired) electrons. The van der Waals surface area contributed by atoms with Gasteiger partial charge in [-0.1, -0.05) is 12.1 Å². The molecule has 0 saturated heterocycles. The van der Waals surface area contributed by atoms with Crippen LogP contribution in [0, 0.1) is 0 Å². The molecule has 1 rings (SSSR count). The third kappa shape index (κ3) is 7.28. The Kier molecular flexibility index (Phi) is 7.95. The lowest BCUT2D eigenvalue weighted by Gasteiger charge is -2.07.